The van der Waals surface area contributed by atoms with Crippen molar-refractivity contribution in [3.05, 3.63) is 71.8 Å². The van der Waals surface area contributed by atoms with Gasteiger partial charge in [-0.05, 0) is 62.3 Å². The number of carbonyl (C=O) groups excluding carboxylic acids is 1. The zero-order valence-electron chi connectivity index (χ0n) is 16.6. The Balaban J connectivity index is 0.00000256. The van der Waals surface area contributed by atoms with Crippen molar-refractivity contribution in [3.8, 4) is 11.4 Å². The van der Waals surface area contributed by atoms with Gasteiger partial charge in [-0.15, -0.1) is 12.4 Å². The number of halogens is 2. The number of nitrogens with zero attached hydrogens (tertiary/aromatic N) is 2. The molecule has 0 saturated carbocycles. The number of benzene rings is 2. The van der Waals surface area contributed by atoms with Crippen LogP contribution in [0, 0.1) is 5.82 Å². The fraction of sp³-hybridized carbons (Fsp3) is 0.273. The van der Waals surface area contributed by atoms with E-state index < -0.39 is 0 Å². The highest BCUT2D eigenvalue weighted by Crippen LogP contribution is 2.31. The largest absolute Gasteiger partial charge is 0.495 e. The Labute approximate surface area is 180 Å². The highest BCUT2D eigenvalue weighted by atomic mass is 35.5. The van der Waals surface area contributed by atoms with Crippen LogP contribution < -0.4 is 15.4 Å². The third kappa shape index (κ3) is 4.47. The number of aromatic nitrogens is 2. The molecule has 30 heavy (non-hydrogen) atoms. The second-order valence-corrected chi connectivity index (χ2v) is 7.01. The standard InChI is InChI=1S/C22H23FN4O2.ClH/c1-29-20-5-3-2-4-19(20)26-22(28)18-14-25-27(17-8-6-16(23)7-9-17)21(18)15-10-12-24-13-11-15;/h2-9,14-15,24H,10-13H2,1H3,(H,26,28);1H. The number of hydrogen-bond donors (Lipinski definition) is 2. The first-order chi connectivity index (χ1) is 14.2. The molecule has 158 valence electrons. The van der Waals surface area contributed by atoms with Crippen molar-refractivity contribution in [2.45, 2.75) is 18.8 Å². The van der Waals surface area contributed by atoms with Gasteiger partial charge in [0.05, 0.1) is 35.9 Å². The van der Waals surface area contributed by atoms with E-state index in [4.69, 9.17) is 4.74 Å². The maximum absolute atomic E-state index is 13.4. The molecule has 1 amide bonds. The number of piperidine rings is 1. The molecule has 2 aromatic carbocycles. The summed E-state index contributed by atoms with van der Waals surface area (Å²) in [6.45, 7) is 1.76. The summed E-state index contributed by atoms with van der Waals surface area (Å²) in [6, 6.07) is 13.4. The first-order valence-electron chi connectivity index (χ1n) is 9.66. The van der Waals surface area contributed by atoms with Crippen LogP contribution in [-0.4, -0.2) is 35.9 Å². The van der Waals surface area contributed by atoms with E-state index in [1.54, 1.807) is 42.3 Å². The molecule has 8 heteroatoms. The molecule has 4 rings (SSSR count). The fourth-order valence-electron chi connectivity index (χ4n) is 3.75. The maximum Gasteiger partial charge on any atom is 0.259 e. The minimum atomic E-state index is -0.307. The number of carbonyl (C=O) groups is 1. The van der Waals surface area contributed by atoms with E-state index in [9.17, 15) is 9.18 Å². The number of nitrogens with one attached hydrogen (secondary N) is 2. The van der Waals surface area contributed by atoms with Crippen LogP contribution in [0.15, 0.2) is 54.7 Å². The molecule has 1 aliphatic rings. The van der Waals surface area contributed by atoms with Crippen LogP contribution in [0.1, 0.15) is 34.8 Å². The van der Waals surface area contributed by atoms with E-state index >= 15 is 0 Å². The monoisotopic (exact) mass is 430 g/mol. The van der Waals surface area contributed by atoms with Gasteiger partial charge in [0.25, 0.3) is 5.91 Å². The van der Waals surface area contributed by atoms with E-state index in [0.29, 0.717) is 17.0 Å². The predicted molar refractivity (Wildman–Crippen MR) is 117 cm³/mol. The van der Waals surface area contributed by atoms with Crippen LogP contribution in [0.2, 0.25) is 0 Å². The molecular formula is C22H24ClFN4O2. The molecule has 0 bridgehead atoms. The summed E-state index contributed by atoms with van der Waals surface area (Å²) < 4.78 is 20.5. The molecule has 2 heterocycles. The number of methoxy groups -OCH3 is 1. The zero-order chi connectivity index (χ0) is 20.2. The van der Waals surface area contributed by atoms with Crippen LogP contribution in [0.25, 0.3) is 5.69 Å². The second kappa shape index (κ2) is 9.73. The Bertz CT molecular complexity index is 1000. The maximum atomic E-state index is 13.4. The fourth-order valence-corrected chi connectivity index (χ4v) is 3.75. The van der Waals surface area contributed by atoms with Crippen molar-refractivity contribution in [1.29, 1.82) is 0 Å². The van der Waals surface area contributed by atoms with Crippen molar-refractivity contribution in [2.24, 2.45) is 0 Å². The predicted octanol–water partition coefficient (Wildman–Crippen LogP) is 4.16. The Hall–Kier alpha value is -2.90. The average Bonchev–Trinajstić information content (AvgIpc) is 3.20. The van der Waals surface area contributed by atoms with E-state index in [1.165, 1.54) is 12.1 Å². The molecular weight excluding hydrogens is 407 g/mol. The summed E-state index contributed by atoms with van der Waals surface area (Å²) in [7, 11) is 1.57. The first kappa shape index (κ1) is 21.8. The SMILES string of the molecule is COc1ccccc1NC(=O)c1cnn(-c2ccc(F)cc2)c1C1CCNCC1.Cl. The average molecular weight is 431 g/mol. The van der Waals surface area contributed by atoms with Gasteiger partial charge in [-0.25, -0.2) is 9.07 Å². The number of rotatable bonds is 5. The lowest BCUT2D eigenvalue weighted by Crippen LogP contribution is -2.29. The molecule has 1 aromatic heterocycles. The lowest BCUT2D eigenvalue weighted by molar-refractivity contribution is 0.102. The summed E-state index contributed by atoms with van der Waals surface area (Å²) in [5.41, 5.74) is 2.71. The Morgan fingerprint density at radius 1 is 1.17 bits per heavy atom. The van der Waals surface area contributed by atoms with Crippen LogP contribution in [0.3, 0.4) is 0 Å². The van der Waals surface area contributed by atoms with Crippen molar-refractivity contribution >= 4 is 24.0 Å². The summed E-state index contributed by atoms with van der Waals surface area (Å²) in [5.74, 6) is 0.229. The summed E-state index contributed by atoms with van der Waals surface area (Å²) in [5, 5.41) is 10.8. The minimum Gasteiger partial charge on any atom is -0.495 e. The summed E-state index contributed by atoms with van der Waals surface area (Å²) >= 11 is 0. The molecule has 1 saturated heterocycles. The molecule has 2 N–H and O–H groups in total. The number of ether oxygens (including phenoxy) is 1. The third-order valence-corrected chi connectivity index (χ3v) is 5.20. The Morgan fingerprint density at radius 2 is 1.87 bits per heavy atom. The van der Waals surface area contributed by atoms with Gasteiger partial charge >= 0.3 is 0 Å². The first-order valence-corrected chi connectivity index (χ1v) is 9.66. The van der Waals surface area contributed by atoms with E-state index in [1.807, 2.05) is 12.1 Å². The van der Waals surface area contributed by atoms with E-state index in [-0.39, 0.29) is 30.0 Å². The summed E-state index contributed by atoms with van der Waals surface area (Å²) in [4.78, 5) is 13.1. The van der Waals surface area contributed by atoms with Crippen LogP contribution in [0.4, 0.5) is 10.1 Å². The molecule has 0 atom stereocenters. The van der Waals surface area contributed by atoms with Gasteiger partial charge in [-0.1, -0.05) is 12.1 Å². The number of para-hydroxylation sites is 2. The van der Waals surface area contributed by atoms with E-state index in [0.717, 1.165) is 37.3 Å². The van der Waals surface area contributed by atoms with Gasteiger partial charge in [0.2, 0.25) is 0 Å². The molecule has 0 spiro atoms. The molecule has 3 aromatic rings. The molecule has 1 aliphatic heterocycles. The highest BCUT2D eigenvalue weighted by molar-refractivity contribution is 6.05. The smallest absolute Gasteiger partial charge is 0.259 e. The molecule has 0 unspecified atom stereocenters. The highest BCUT2D eigenvalue weighted by Gasteiger charge is 2.27. The van der Waals surface area contributed by atoms with Gasteiger partial charge in [0, 0.05) is 5.92 Å². The van der Waals surface area contributed by atoms with Gasteiger partial charge < -0.3 is 15.4 Å². The van der Waals surface area contributed by atoms with Gasteiger partial charge in [-0.2, -0.15) is 5.10 Å². The van der Waals surface area contributed by atoms with Gasteiger partial charge in [0.15, 0.2) is 0 Å². The molecule has 0 radical (unpaired) electrons. The quantitative estimate of drug-likeness (QED) is 0.637. The van der Waals surface area contributed by atoms with E-state index in [2.05, 4.69) is 15.7 Å². The second-order valence-electron chi connectivity index (χ2n) is 7.01. The molecule has 6 nitrogen and oxygen atoms in total. The lowest BCUT2D eigenvalue weighted by Gasteiger charge is -2.24. The Morgan fingerprint density at radius 3 is 2.57 bits per heavy atom. The molecule has 1 fully saturated rings. The topological polar surface area (TPSA) is 68.2 Å². The van der Waals surface area contributed by atoms with Gasteiger partial charge in [0.1, 0.15) is 11.6 Å². The van der Waals surface area contributed by atoms with Crippen molar-refractivity contribution < 1.29 is 13.9 Å². The number of hydrogen-bond acceptors (Lipinski definition) is 4. The number of anilines is 1. The molecule has 0 aliphatic carbocycles. The third-order valence-electron chi connectivity index (χ3n) is 5.20. The summed E-state index contributed by atoms with van der Waals surface area (Å²) in [6.07, 6.45) is 3.40. The number of amides is 1. The van der Waals surface area contributed by atoms with Crippen molar-refractivity contribution in [2.75, 3.05) is 25.5 Å². The minimum absolute atomic E-state index is 0. The lowest BCUT2D eigenvalue weighted by atomic mass is 9.91. The normalized spacial score (nSPS) is 14.1. The zero-order valence-corrected chi connectivity index (χ0v) is 17.4. The van der Waals surface area contributed by atoms with Crippen LogP contribution >= 0.6 is 12.4 Å². The van der Waals surface area contributed by atoms with Crippen LogP contribution in [0.5, 0.6) is 5.75 Å². The van der Waals surface area contributed by atoms with Crippen molar-refractivity contribution in [1.82, 2.24) is 15.1 Å². The van der Waals surface area contributed by atoms with Crippen LogP contribution in [-0.2, 0) is 0 Å². The van der Waals surface area contributed by atoms with Gasteiger partial charge in [-0.3, -0.25) is 4.79 Å². The van der Waals surface area contributed by atoms with Crippen molar-refractivity contribution in [3.63, 3.8) is 0 Å². The Kier molecular flexibility index (Phi) is 7.07.